The number of benzene rings is 2. The van der Waals surface area contributed by atoms with Gasteiger partial charge in [0.2, 0.25) is 5.95 Å². The topological polar surface area (TPSA) is 87.1 Å². The van der Waals surface area contributed by atoms with Gasteiger partial charge in [0.1, 0.15) is 10.8 Å². The van der Waals surface area contributed by atoms with Crippen LogP contribution < -0.4 is 10.6 Å². The van der Waals surface area contributed by atoms with E-state index in [0.717, 1.165) is 0 Å². The average molecular weight is 359 g/mol. The number of carbonyl (C=O) groups is 1. The second kappa shape index (κ2) is 7.14. The van der Waals surface area contributed by atoms with E-state index in [2.05, 4.69) is 20.6 Å². The summed E-state index contributed by atoms with van der Waals surface area (Å²) in [6, 6.07) is 11.9. The maximum Gasteiger partial charge on any atom is 0.335 e. The second-order valence-electron chi connectivity index (χ2n) is 5.03. The minimum absolute atomic E-state index is 0.182. The van der Waals surface area contributed by atoms with Crippen LogP contribution in [0.25, 0.3) is 0 Å². The molecule has 0 spiro atoms. The molecule has 1 heterocycles. The number of rotatable bonds is 5. The standard InChI is InChI=1S/C17H12ClFN4O2/c18-14-9-20-17(22-13-5-1-10(2-6-13)16(24)25)23-15(14)21-12-7-3-11(19)4-8-12/h1-9H,(H,24,25)(H2,20,21,22,23). The van der Waals surface area contributed by atoms with Crippen LogP contribution in [0, 0.1) is 5.82 Å². The minimum atomic E-state index is -1.000. The van der Waals surface area contributed by atoms with Gasteiger partial charge in [-0.05, 0) is 48.5 Å². The fourth-order valence-electron chi connectivity index (χ4n) is 2.01. The first-order chi connectivity index (χ1) is 12.0. The summed E-state index contributed by atoms with van der Waals surface area (Å²) in [5, 5.41) is 15.1. The fourth-order valence-corrected chi connectivity index (χ4v) is 2.15. The van der Waals surface area contributed by atoms with Gasteiger partial charge in [-0.25, -0.2) is 14.2 Å². The van der Waals surface area contributed by atoms with Crippen LogP contribution in [-0.2, 0) is 0 Å². The molecule has 3 rings (SSSR count). The van der Waals surface area contributed by atoms with Crippen molar-refractivity contribution in [2.24, 2.45) is 0 Å². The molecule has 0 radical (unpaired) electrons. The molecular formula is C17H12ClFN4O2. The van der Waals surface area contributed by atoms with E-state index in [0.29, 0.717) is 22.2 Å². The van der Waals surface area contributed by atoms with Crippen molar-refractivity contribution in [1.82, 2.24) is 9.97 Å². The van der Waals surface area contributed by atoms with E-state index >= 15 is 0 Å². The third-order valence-electron chi connectivity index (χ3n) is 3.24. The van der Waals surface area contributed by atoms with Gasteiger partial charge in [0.25, 0.3) is 0 Å². The van der Waals surface area contributed by atoms with Crippen LogP contribution in [0.5, 0.6) is 0 Å². The molecule has 0 aliphatic carbocycles. The number of anilines is 4. The number of hydrogen-bond acceptors (Lipinski definition) is 5. The number of hydrogen-bond donors (Lipinski definition) is 3. The molecule has 0 amide bonds. The maximum absolute atomic E-state index is 13.0. The summed E-state index contributed by atoms with van der Waals surface area (Å²) in [6.07, 6.45) is 1.42. The molecule has 126 valence electrons. The van der Waals surface area contributed by atoms with Gasteiger partial charge in [-0.3, -0.25) is 0 Å². The van der Waals surface area contributed by atoms with Crippen molar-refractivity contribution in [2.75, 3.05) is 10.6 Å². The number of halogens is 2. The van der Waals surface area contributed by atoms with Gasteiger partial charge in [0.15, 0.2) is 5.82 Å². The summed E-state index contributed by atoms with van der Waals surface area (Å²) in [4.78, 5) is 19.2. The molecule has 8 heteroatoms. The molecule has 0 atom stereocenters. The zero-order valence-corrected chi connectivity index (χ0v) is 13.5. The summed E-state index contributed by atoms with van der Waals surface area (Å²) in [5.74, 6) is -0.711. The highest BCUT2D eigenvalue weighted by Crippen LogP contribution is 2.25. The predicted octanol–water partition coefficient (Wildman–Crippen LogP) is 4.45. The molecule has 25 heavy (non-hydrogen) atoms. The molecule has 0 saturated carbocycles. The highest BCUT2D eigenvalue weighted by molar-refractivity contribution is 6.32. The van der Waals surface area contributed by atoms with Gasteiger partial charge in [-0.15, -0.1) is 0 Å². The van der Waals surface area contributed by atoms with Crippen LogP contribution in [0.3, 0.4) is 0 Å². The number of aromatic carboxylic acids is 1. The van der Waals surface area contributed by atoms with Crippen molar-refractivity contribution in [3.8, 4) is 0 Å². The molecule has 6 nitrogen and oxygen atoms in total. The number of carboxylic acids is 1. The fraction of sp³-hybridized carbons (Fsp3) is 0. The Morgan fingerprint density at radius 3 is 2.24 bits per heavy atom. The van der Waals surface area contributed by atoms with Crippen LogP contribution in [0.1, 0.15) is 10.4 Å². The average Bonchev–Trinajstić information content (AvgIpc) is 2.60. The number of carboxylic acid groups (broad SMARTS) is 1. The molecule has 0 aliphatic rings. The summed E-state index contributed by atoms with van der Waals surface area (Å²) >= 11 is 6.08. The third-order valence-corrected chi connectivity index (χ3v) is 3.52. The molecule has 0 saturated heterocycles. The summed E-state index contributed by atoms with van der Waals surface area (Å²) < 4.78 is 13.0. The lowest BCUT2D eigenvalue weighted by Gasteiger charge is -2.10. The second-order valence-corrected chi connectivity index (χ2v) is 5.44. The molecule has 1 aromatic heterocycles. The van der Waals surface area contributed by atoms with Crippen molar-refractivity contribution in [3.05, 3.63) is 71.1 Å². The van der Waals surface area contributed by atoms with Crippen molar-refractivity contribution in [1.29, 1.82) is 0 Å². The first-order valence-corrected chi connectivity index (χ1v) is 7.54. The van der Waals surface area contributed by atoms with Crippen molar-refractivity contribution in [3.63, 3.8) is 0 Å². The van der Waals surface area contributed by atoms with E-state index < -0.39 is 5.97 Å². The number of aromatic nitrogens is 2. The Bertz CT molecular complexity index is 902. The molecule has 0 aliphatic heterocycles. The Labute approximate surface area is 147 Å². The maximum atomic E-state index is 13.0. The van der Waals surface area contributed by atoms with Gasteiger partial charge >= 0.3 is 5.97 Å². The van der Waals surface area contributed by atoms with Crippen LogP contribution in [0.15, 0.2) is 54.7 Å². The molecule has 3 N–H and O–H groups in total. The Morgan fingerprint density at radius 2 is 1.60 bits per heavy atom. The van der Waals surface area contributed by atoms with Gasteiger partial charge in [0.05, 0.1) is 11.8 Å². The summed E-state index contributed by atoms with van der Waals surface area (Å²) in [7, 11) is 0. The minimum Gasteiger partial charge on any atom is -0.478 e. The van der Waals surface area contributed by atoms with E-state index in [-0.39, 0.29) is 17.3 Å². The summed E-state index contributed by atoms with van der Waals surface area (Å²) in [5.41, 5.74) is 1.43. The molecule has 0 fully saturated rings. The highest BCUT2D eigenvalue weighted by atomic mass is 35.5. The van der Waals surface area contributed by atoms with Crippen molar-refractivity contribution < 1.29 is 14.3 Å². The lowest BCUT2D eigenvalue weighted by molar-refractivity contribution is 0.0697. The van der Waals surface area contributed by atoms with E-state index in [1.54, 1.807) is 24.3 Å². The van der Waals surface area contributed by atoms with E-state index in [4.69, 9.17) is 16.7 Å². The Hall–Kier alpha value is -3.19. The molecule has 0 unspecified atom stereocenters. The van der Waals surface area contributed by atoms with Gasteiger partial charge < -0.3 is 15.7 Å². The van der Waals surface area contributed by atoms with E-state index in [9.17, 15) is 9.18 Å². The third kappa shape index (κ3) is 4.21. The molecule has 3 aromatic rings. The highest BCUT2D eigenvalue weighted by Gasteiger charge is 2.07. The SMILES string of the molecule is O=C(O)c1ccc(Nc2ncc(Cl)c(Nc3ccc(F)cc3)n2)cc1. The smallest absolute Gasteiger partial charge is 0.335 e. The van der Waals surface area contributed by atoms with Crippen LogP contribution in [-0.4, -0.2) is 21.0 Å². The zero-order chi connectivity index (χ0) is 17.8. The van der Waals surface area contributed by atoms with Crippen LogP contribution >= 0.6 is 11.6 Å². The summed E-state index contributed by atoms with van der Waals surface area (Å²) in [6.45, 7) is 0. The first-order valence-electron chi connectivity index (χ1n) is 7.17. The van der Waals surface area contributed by atoms with Crippen molar-refractivity contribution >= 4 is 40.7 Å². The normalized spacial score (nSPS) is 10.3. The Morgan fingerprint density at radius 1 is 1.00 bits per heavy atom. The van der Waals surface area contributed by atoms with Crippen LogP contribution in [0.2, 0.25) is 5.02 Å². The molecule has 2 aromatic carbocycles. The Balaban J connectivity index is 1.78. The van der Waals surface area contributed by atoms with Gasteiger partial charge in [0, 0.05) is 11.4 Å². The lowest BCUT2D eigenvalue weighted by Crippen LogP contribution is -2.02. The largest absolute Gasteiger partial charge is 0.478 e. The van der Waals surface area contributed by atoms with Gasteiger partial charge in [-0.2, -0.15) is 4.98 Å². The zero-order valence-electron chi connectivity index (χ0n) is 12.7. The molecule has 0 bridgehead atoms. The van der Waals surface area contributed by atoms with E-state index in [1.807, 2.05) is 0 Å². The quantitative estimate of drug-likeness (QED) is 0.624. The lowest BCUT2D eigenvalue weighted by atomic mass is 10.2. The van der Waals surface area contributed by atoms with Crippen LogP contribution in [0.4, 0.5) is 27.5 Å². The number of nitrogens with zero attached hydrogens (tertiary/aromatic N) is 2. The molecular weight excluding hydrogens is 347 g/mol. The van der Waals surface area contributed by atoms with Gasteiger partial charge in [-0.1, -0.05) is 11.6 Å². The number of nitrogens with one attached hydrogen (secondary N) is 2. The predicted molar refractivity (Wildman–Crippen MR) is 93.4 cm³/mol. The Kier molecular flexibility index (Phi) is 4.76. The van der Waals surface area contributed by atoms with Crippen molar-refractivity contribution in [2.45, 2.75) is 0 Å². The van der Waals surface area contributed by atoms with E-state index in [1.165, 1.54) is 30.5 Å². The monoisotopic (exact) mass is 358 g/mol. The first kappa shape index (κ1) is 16.7.